The van der Waals surface area contributed by atoms with Gasteiger partial charge in [-0.3, -0.25) is 10.1 Å². The van der Waals surface area contributed by atoms with Crippen molar-refractivity contribution < 1.29 is 14.4 Å². The zero-order valence-corrected chi connectivity index (χ0v) is 12.5. The molecule has 114 valence electrons. The van der Waals surface area contributed by atoms with Crippen LogP contribution in [0.4, 0.5) is 0 Å². The van der Waals surface area contributed by atoms with Crippen LogP contribution < -0.4 is 9.47 Å². The van der Waals surface area contributed by atoms with Crippen molar-refractivity contribution in [3.8, 4) is 11.5 Å². The van der Waals surface area contributed by atoms with Gasteiger partial charge in [0.1, 0.15) is 6.61 Å². The summed E-state index contributed by atoms with van der Waals surface area (Å²) in [7, 11) is 1.54. The van der Waals surface area contributed by atoms with Gasteiger partial charge in [-0.05, 0) is 23.3 Å². The van der Waals surface area contributed by atoms with E-state index in [0.29, 0.717) is 23.7 Å². The first-order valence-electron chi connectivity index (χ1n) is 6.77. The molecule has 0 saturated carbocycles. The molecule has 5 heteroatoms. The van der Waals surface area contributed by atoms with Gasteiger partial charge in [-0.2, -0.15) is 0 Å². The fraction of sp³-hybridized carbons (Fsp3) is 0.176. The van der Waals surface area contributed by atoms with Crippen molar-refractivity contribution in [2.75, 3.05) is 7.11 Å². The van der Waals surface area contributed by atoms with E-state index in [1.807, 2.05) is 30.3 Å². The second kappa shape index (κ2) is 7.26. The van der Waals surface area contributed by atoms with Crippen molar-refractivity contribution in [1.82, 2.24) is 0 Å². The van der Waals surface area contributed by atoms with Crippen LogP contribution in [0.15, 0.2) is 54.2 Å². The molecular formula is C17H17NO4. The summed E-state index contributed by atoms with van der Waals surface area (Å²) in [5.41, 5.74) is 1.82. The third kappa shape index (κ3) is 4.09. The van der Waals surface area contributed by atoms with Crippen molar-refractivity contribution in [2.45, 2.75) is 13.5 Å². The van der Waals surface area contributed by atoms with Gasteiger partial charge in [0.25, 0.3) is 0 Å². The molecule has 0 unspecified atom stereocenters. The first-order valence-corrected chi connectivity index (χ1v) is 6.77. The highest BCUT2D eigenvalue weighted by atomic mass is 16.6. The number of rotatable bonds is 6. The molecule has 0 aliphatic rings. The number of hydrogen-bond donors (Lipinski definition) is 0. The van der Waals surface area contributed by atoms with Crippen LogP contribution in [0.1, 0.15) is 18.1 Å². The van der Waals surface area contributed by atoms with Gasteiger partial charge in [0.05, 0.1) is 12.0 Å². The lowest BCUT2D eigenvalue weighted by molar-refractivity contribution is -0.422. The summed E-state index contributed by atoms with van der Waals surface area (Å²) in [4.78, 5) is 10.2. The van der Waals surface area contributed by atoms with Crippen molar-refractivity contribution >= 4 is 6.08 Å². The van der Waals surface area contributed by atoms with Gasteiger partial charge < -0.3 is 9.47 Å². The number of nitrogens with zero attached hydrogens (tertiary/aromatic N) is 1. The molecule has 0 aromatic heterocycles. The van der Waals surface area contributed by atoms with Gasteiger partial charge in [-0.1, -0.05) is 36.4 Å². The SMILES string of the molecule is COc1cc(/C=C(/C)[N+](=O)[O-])ccc1OCc1ccccc1. The first-order chi connectivity index (χ1) is 10.6. The van der Waals surface area contributed by atoms with Gasteiger partial charge >= 0.3 is 0 Å². The molecule has 2 aromatic rings. The van der Waals surface area contributed by atoms with Crippen LogP contribution in [0, 0.1) is 10.1 Å². The highest BCUT2D eigenvalue weighted by Gasteiger charge is 2.08. The number of allylic oxidation sites excluding steroid dienone is 1. The first kappa shape index (κ1) is 15.6. The Labute approximate surface area is 129 Å². The molecule has 0 spiro atoms. The van der Waals surface area contributed by atoms with Crippen molar-refractivity contribution in [3.63, 3.8) is 0 Å². The lowest BCUT2D eigenvalue weighted by Crippen LogP contribution is -1.98. The molecular weight excluding hydrogens is 282 g/mol. The summed E-state index contributed by atoms with van der Waals surface area (Å²) < 4.78 is 11.0. The summed E-state index contributed by atoms with van der Waals surface area (Å²) in [6.45, 7) is 1.88. The molecule has 0 saturated heterocycles. The standard InChI is InChI=1S/C17H17NO4/c1-13(18(19)20)10-15-8-9-16(17(11-15)21-2)22-12-14-6-4-3-5-7-14/h3-11H,12H2,1-2H3/b13-10-. The predicted molar refractivity (Wildman–Crippen MR) is 84.4 cm³/mol. The molecule has 2 aromatic carbocycles. The highest BCUT2D eigenvalue weighted by molar-refractivity contribution is 5.56. The summed E-state index contributed by atoms with van der Waals surface area (Å²) >= 11 is 0. The molecule has 2 rings (SSSR count). The smallest absolute Gasteiger partial charge is 0.243 e. The van der Waals surface area contributed by atoms with Crippen molar-refractivity contribution in [3.05, 3.63) is 75.5 Å². The quantitative estimate of drug-likeness (QED) is 0.599. The van der Waals surface area contributed by atoms with E-state index in [0.717, 1.165) is 5.56 Å². The zero-order valence-electron chi connectivity index (χ0n) is 12.5. The van der Waals surface area contributed by atoms with Crippen molar-refractivity contribution in [1.29, 1.82) is 0 Å². The summed E-state index contributed by atoms with van der Waals surface area (Å²) in [6, 6.07) is 15.0. The molecule has 0 atom stereocenters. The average molecular weight is 299 g/mol. The van der Waals surface area contributed by atoms with E-state index in [1.54, 1.807) is 25.3 Å². The lowest BCUT2D eigenvalue weighted by atomic mass is 10.1. The van der Waals surface area contributed by atoms with Crippen LogP contribution in [0.5, 0.6) is 11.5 Å². The Morgan fingerprint density at radius 2 is 1.91 bits per heavy atom. The summed E-state index contributed by atoms with van der Waals surface area (Å²) in [5, 5.41) is 10.7. The number of hydrogen-bond acceptors (Lipinski definition) is 4. The molecule has 0 amide bonds. The monoisotopic (exact) mass is 299 g/mol. The topological polar surface area (TPSA) is 61.6 Å². The fourth-order valence-corrected chi connectivity index (χ4v) is 1.92. The molecule has 0 N–H and O–H groups in total. The van der Waals surface area contributed by atoms with E-state index in [9.17, 15) is 10.1 Å². The van der Waals surface area contributed by atoms with E-state index in [-0.39, 0.29) is 5.70 Å². The number of nitro groups is 1. The zero-order chi connectivity index (χ0) is 15.9. The molecule has 5 nitrogen and oxygen atoms in total. The number of ether oxygens (including phenoxy) is 2. The molecule has 22 heavy (non-hydrogen) atoms. The van der Waals surface area contributed by atoms with Gasteiger partial charge in [0.2, 0.25) is 5.70 Å². The Kier molecular flexibility index (Phi) is 5.14. The fourth-order valence-electron chi connectivity index (χ4n) is 1.92. The molecule has 0 fully saturated rings. The van der Waals surface area contributed by atoms with Gasteiger partial charge in [0, 0.05) is 13.0 Å². The van der Waals surface area contributed by atoms with Crippen LogP contribution in [0.2, 0.25) is 0 Å². The van der Waals surface area contributed by atoms with Crippen molar-refractivity contribution in [2.24, 2.45) is 0 Å². The molecule has 0 radical (unpaired) electrons. The van der Waals surface area contributed by atoms with E-state index in [2.05, 4.69) is 0 Å². The van der Waals surface area contributed by atoms with Gasteiger partial charge in [0.15, 0.2) is 11.5 Å². The minimum absolute atomic E-state index is 0.0695. The molecule has 0 aliphatic carbocycles. The van der Waals surface area contributed by atoms with E-state index >= 15 is 0 Å². The minimum Gasteiger partial charge on any atom is -0.493 e. The third-order valence-corrected chi connectivity index (χ3v) is 3.09. The van der Waals surface area contributed by atoms with Crippen LogP contribution in [-0.2, 0) is 6.61 Å². The summed E-state index contributed by atoms with van der Waals surface area (Å²) in [6.07, 6.45) is 1.49. The second-order valence-electron chi connectivity index (χ2n) is 4.73. The average Bonchev–Trinajstić information content (AvgIpc) is 2.54. The van der Waals surface area contributed by atoms with Crippen LogP contribution in [0.25, 0.3) is 6.08 Å². The largest absolute Gasteiger partial charge is 0.493 e. The Hall–Kier alpha value is -2.82. The van der Waals surface area contributed by atoms with E-state index < -0.39 is 4.92 Å². The number of benzene rings is 2. The minimum atomic E-state index is -0.424. The second-order valence-corrected chi connectivity index (χ2v) is 4.73. The lowest BCUT2D eigenvalue weighted by Gasteiger charge is -2.11. The maximum absolute atomic E-state index is 10.7. The molecule has 0 heterocycles. The Morgan fingerprint density at radius 1 is 1.18 bits per heavy atom. The maximum atomic E-state index is 10.7. The van der Waals surface area contributed by atoms with Crippen LogP contribution in [0.3, 0.4) is 0 Å². The molecule has 0 aliphatic heterocycles. The highest BCUT2D eigenvalue weighted by Crippen LogP contribution is 2.29. The van der Waals surface area contributed by atoms with Gasteiger partial charge in [-0.25, -0.2) is 0 Å². The van der Waals surface area contributed by atoms with Crippen LogP contribution >= 0.6 is 0 Å². The van der Waals surface area contributed by atoms with Crippen LogP contribution in [-0.4, -0.2) is 12.0 Å². The molecule has 0 bridgehead atoms. The summed E-state index contributed by atoms with van der Waals surface area (Å²) in [5.74, 6) is 1.14. The Balaban J connectivity index is 2.16. The number of methoxy groups -OCH3 is 1. The Bertz CT molecular complexity index is 680. The van der Waals surface area contributed by atoms with Gasteiger partial charge in [-0.15, -0.1) is 0 Å². The predicted octanol–water partition coefficient (Wildman–Crippen LogP) is 3.91. The normalized spacial score (nSPS) is 11.1. The third-order valence-electron chi connectivity index (χ3n) is 3.09. The van der Waals surface area contributed by atoms with E-state index in [4.69, 9.17) is 9.47 Å². The maximum Gasteiger partial charge on any atom is 0.243 e. The van der Waals surface area contributed by atoms with E-state index in [1.165, 1.54) is 13.0 Å². The Morgan fingerprint density at radius 3 is 2.55 bits per heavy atom.